The molecule has 1 aliphatic heterocycles. The lowest BCUT2D eigenvalue weighted by Gasteiger charge is -2.27. The highest BCUT2D eigenvalue weighted by Crippen LogP contribution is 2.46. The number of hydrogen-bond acceptors (Lipinski definition) is 3. The van der Waals surface area contributed by atoms with E-state index in [-0.39, 0.29) is 6.54 Å². The van der Waals surface area contributed by atoms with Crippen LogP contribution in [0, 0.1) is 12.3 Å². The monoisotopic (exact) mass is 357 g/mol. The van der Waals surface area contributed by atoms with Gasteiger partial charge in [-0.15, -0.1) is 11.3 Å². The van der Waals surface area contributed by atoms with Crippen molar-refractivity contribution in [1.29, 1.82) is 0 Å². The minimum atomic E-state index is -4.90. The first-order chi connectivity index (χ1) is 11.2. The average molecular weight is 357 g/mol. The molecule has 1 unspecified atom stereocenters. The number of alkyl halides is 3. The van der Waals surface area contributed by atoms with E-state index in [2.05, 4.69) is 0 Å². The zero-order chi connectivity index (χ0) is 17.7. The first-order valence-corrected chi connectivity index (χ1v) is 8.11. The Kier molecular flexibility index (Phi) is 3.82. The van der Waals surface area contributed by atoms with Crippen molar-refractivity contribution in [2.45, 2.75) is 19.5 Å². The highest BCUT2D eigenvalue weighted by molar-refractivity contribution is 7.17. The molecule has 4 nitrogen and oxygen atoms in total. The molecule has 2 heterocycles. The molecule has 1 fully saturated rings. The van der Waals surface area contributed by atoms with Gasteiger partial charge >= 0.3 is 12.1 Å². The largest absolute Gasteiger partial charge is 0.481 e. The van der Waals surface area contributed by atoms with Crippen LogP contribution in [-0.2, 0) is 4.79 Å². The molecule has 1 saturated heterocycles. The fraction of sp³-hybridized carbons (Fsp3) is 0.375. The number of thiophene rings is 1. The summed E-state index contributed by atoms with van der Waals surface area (Å²) in [6, 6.07) is 5.49. The van der Waals surface area contributed by atoms with E-state index in [1.165, 1.54) is 11.3 Å². The summed E-state index contributed by atoms with van der Waals surface area (Å²) in [6.07, 6.45) is -5.53. The van der Waals surface area contributed by atoms with Gasteiger partial charge in [0.05, 0.1) is 5.56 Å². The van der Waals surface area contributed by atoms with E-state index in [4.69, 9.17) is 5.11 Å². The van der Waals surface area contributed by atoms with Crippen molar-refractivity contribution in [2.75, 3.05) is 13.1 Å². The van der Waals surface area contributed by atoms with Crippen LogP contribution in [0.4, 0.5) is 13.2 Å². The van der Waals surface area contributed by atoms with Crippen molar-refractivity contribution in [2.24, 2.45) is 5.41 Å². The predicted molar refractivity (Wildman–Crippen MR) is 83.2 cm³/mol. The van der Waals surface area contributed by atoms with E-state index in [1.807, 2.05) is 19.1 Å². The number of likely N-dealkylation sites (tertiary alicyclic amines) is 1. The molecule has 2 aromatic rings. The fourth-order valence-electron chi connectivity index (χ4n) is 2.98. The molecule has 1 atom stereocenters. The summed E-state index contributed by atoms with van der Waals surface area (Å²) in [4.78, 5) is 24.8. The zero-order valence-electron chi connectivity index (χ0n) is 12.7. The van der Waals surface area contributed by atoms with Crippen LogP contribution in [0.2, 0.25) is 0 Å². The summed E-state index contributed by atoms with van der Waals surface area (Å²) in [5.74, 6) is -2.49. The van der Waals surface area contributed by atoms with Crippen LogP contribution in [0.15, 0.2) is 23.6 Å². The van der Waals surface area contributed by atoms with Crippen molar-refractivity contribution >= 4 is 33.3 Å². The third kappa shape index (κ3) is 2.45. The molecule has 8 heteroatoms. The Morgan fingerprint density at radius 3 is 2.62 bits per heavy atom. The standard InChI is InChI=1S/C16H14F3NO3S/c1-9-2-3-10-11(7-24-12(10)6-9)13(21)20-5-4-15(8-20,14(22)23)16(17,18)19/h2-3,6-7H,4-5,8H2,1H3,(H,22,23). The number of halogens is 3. The van der Waals surface area contributed by atoms with E-state index in [0.717, 1.165) is 15.2 Å². The van der Waals surface area contributed by atoms with E-state index in [0.29, 0.717) is 10.9 Å². The highest BCUT2D eigenvalue weighted by atomic mass is 32.1. The summed E-state index contributed by atoms with van der Waals surface area (Å²) < 4.78 is 40.6. The topological polar surface area (TPSA) is 57.6 Å². The van der Waals surface area contributed by atoms with E-state index in [9.17, 15) is 22.8 Å². The van der Waals surface area contributed by atoms with Crippen LogP contribution in [-0.4, -0.2) is 41.1 Å². The average Bonchev–Trinajstić information content (AvgIpc) is 3.10. The van der Waals surface area contributed by atoms with Gasteiger partial charge < -0.3 is 10.0 Å². The number of nitrogens with zero attached hydrogens (tertiary/aromatic N) is 1. The van der Waals surface area contributed by atoms with Crippen molar-refractivity contribution in [3.8, 4) is 0 Å². The van der Waals surface area contributed by atoms with E-state index < -0.39 is 36.4 Å². The molecule has 128 valence electrons. The smallest absolute Gasteiger partial charge is 0.406 e. The maximum atomic E-state index is 13.2. The summed E-state index contributed by atoms with van der Waals surface area (Å²) in [7, 11) is 0. The summed E-state index contributed by atoms with van der Waals surface area (Å²) in [6.45, 7) is 0.827. The second-order valence-corrected chi connectivity index (χ2v) is 6.92. The van der Waals surface area contributed by atoms with Crippen molar-refractivity contribution in [3.05, 3.63) is 34.7 Å². The van der Waals surface area contributed by atoms with Crippen LogP contribution in [0.25, 0.3) is 10.1 Å². The maximum Gasteiger partial charge on any atom is 0.406 e. The Hall–Kier alpha value is -2.09. The number of carboxylic acids is 1. The Labute approximate surface area is 139 Å². The third-order valence-electron chi connectivity index (χ3n) is 4.47. The normalized spacial score (nSPS) is 21.4. The molecule has 0 radical (unpaired) electrons. The second kappa shape index (κ2) is 5.47. The van der Waals surface area contributed by atoms with Crippen LogP contribution < -0.4 is 0 Å². The Morgan fingerprint density at radius 1 is 1.33 bits per heavy atom. The number of aryl methyl sites for hydroxylation is 1. The lowest BCUT2D eigenvalue weighted by Crippen LogP contribution is -2.47. The molecule has 0 spiro atoms. The SMILES string of the molecule is Cc1ccc2c(C(=O)N3CCC(C(=O)O)(C(F)(F)F)C3)csc2c1. The van der Waals surface area contributed by atoms with Crippen molar-refractivity contribution in [1.82, 2.24) is 4.90 Å². The number of amides is 1. The van der Waals surface area contributed by atoms with E-state index >= 15 is 0 Å². The minimum Gasteiger partial charge on any atom is -0.481 e. The first kappa shape index (κ1) is 16.8. The molecule has 1 N–H and O–H groups in total. The number of aliphatic carboxylic acids is 1. The van der Waals surface area contributed by atoms with Gasteiger partial charge in [0.2, 0.25) is 0 Å². The Balaban J connectivity index is 1.93. The van der Waals surface area contributed by atoms with Gasteiger partial charge in [0.15, 0.2) is 5.41 Å². The molecular weight excluding hydrogens is 343 g/mol. The van der Waals surface area contributed by atoms with Gasteiger partial charge in [-0.05, 0) is 25.0 Å². The number of hydrogen-bond donors (Lipinski definition) is 1. The molecule has 0 aliphatic carbocycles. The van der Waals surface area contributed by atoms with Crippen molar-refractivity contribution in [3.63, 3.8) is 0 Å². The number of fused-ring (bicyclic) bond motifs is 1. The second-order valence-electron chi connectivity index (χ2n) is 6.01. The van der Waals surface area contributed by atoms with Crippen LogP contribution in [0.1, 0.15) is 22.3 Å². The number of carbonyl (C=O) groups excluding carboxylic acids is 1. The van der Waals surface area contributed by atoms with Gasteiger partial charge in [0, 0.05) is 28.6 Å². The molecular formula is C16H14F3NO3S. The molecule has 0 saturated carbocycles. The first-order valence-electron chi connectivity index (χ1n) is 7.23. The molecule has 1 aliphatic rings. The summed E-state index contributed by atoms with van der Waals surface area (Å²) in [5, 5.41) is 11.4. The van der Waals surface area contributed by atoms with Crippen LogP contribution >= 0.6 is 11.3 Å². The maximum absolute atomic E-state index is 13.2. The van der Waals surface area contributed by atoms with Gasteiger partial charge in [-0.1, -0.05) is 12.1 Å². The van der Waals surface area contributed by atoms with Gasteiger partial charge in [-0.25, -0.2) is 0 Å². The lowest BCUT2D eigenvalue weighted by molar-refractivity contribution is -0.227. The molecule has 1 aromatic carbocycles. The number of carbonyl (C=O) groups is 2. The Bertz CT molecular complexity index is 830. The molecule has 3 rings (SSSR count). The number of carboxylic acid groups (broad SMARTS) is 1. The summed E-state index contributed by atoms with van der Waals surface area (Å²) in [5.41, 5.74) is -1.55. The zero-order valence-corrected chi connectivity index (χ0v) is 13.5. The van der Waals surface area contributed by atoms with Crippen LogP contribution in [0.3, 0.4) is 0 Å². The van der Waals surface area contributed by atoms with Crippen molar-refractivity contribution < 1.29 is 27.9 Å². The van der Waals surface area contributed by atoms with Gasteiger partial charge in [0.25, 0.3) is 5.91 Å². The molecule has 0 bridgehead atoms. The van der Waals surface area contributed by atoms with Crippen LogP contribution in [0.5, 0.6) is 0 Å². The quantitative estimate of drug-likeness (QED) is 0.892. The van der Waals surface area contributed by atoms with Gasteiger partial charge in [0.1, 0.15) is 0 Å². The Morgan fingerprint density at radius 2 is 2.04 bits per heavy atom. The third-order valence-corrected chi connectivity index (χ3v) is 5.42. The lowest BCUT2D eigenvalue weighted by atomic mass is 9.86. The molecule has 1 amide bonds. The van der Waals surface area contributed by atoms with Gasteiger partial charge in [-0.3, -0.25) is 9.59 Å². The minimum absolute atomic E-state index is 0.228. The predicted octanol–water partition coefficient (Wildman–Crippen LogP) is 3.69. The fourth-order valence-corrected chi connectivity index (χ4v) is 4.01. The number of rotatable bonds is 2. The summed E-state index contributed by atoms with van der Waals surface area (Å²) >= 11 is 1.34. The van der Waals surface area contributed by atoms with E-state index in [1.54, 1.807) is 11.4 Å². The molecule has 24 heavy (non-hydrogen) atoms. The highest BCUT2D eigenvalue weighted by Gasteiger charge is 2.64. The number of benzene rings is 1. The van der Waals surface area contributed by atoms with Gasteiger partial charge in [-0.2, -0.15) is 13.2 Å². The molecule has 1 aromatic heterocycles.